The van der Waals surface area contributed by atoms with Gasteiger partial charge in [-0.3, -0.25) is 4.98 Å². The SMILES string of the molecule is COc1cnc(CC#N)c(CBr)c1C(F)F. The lowest BCUT2D eigenvalue weighted by Gasteiger charge is -2.13. The zero-order valence-electron chi connectivity index (χ0n) is 8.51. The second-order valence-corrected chi connectivity index (χ2v) is 3.50. The fraction of sp³-hybridized carbons (Fsp3) is 0.400. The smallest absolute Gasteiger partial charge is 0.267 e. The molecule has 0 aliphatic heterocycles. The third-order valence-electron chi connectivity index (χ3n) is 2.09. The molecule has 0 atom stereocenters. The highest BCUT2D eigenvalue weighted by Gasteiger charge is 2.21. The number of hydrogen-bond donors (Lipinski definition) is 0. The third-order valence-corrected chi connectivity index (χ3v) is 2.66. The van der Waals surface area contributed by atoms with E-state index in [2.05, 4.69) is 20.9 Å². The van der Waals surface area contributed by atoms with Crippen LogP contribution in [0.5, 0.6) is 5.75 Å². The number of methoxy groups -OCH3 is 1. The Bertz CT molecular complexity index is 418. The van der Waals surface area contributed by atoms with Crippen LogP contribution in [0.15, 0.2) is 6.20 Å². The van der Waals surface area contributed by atoms with Gasteiger partial charge in [0.1, 0.15) is 5.75 Å². The fourth-order valence-electron chi connectivity index (χ4n) is 1.37. The van der Waals surface area contributed by atoms with Gasteiger partial charge in [0, 0.05) is 5.33 Å². The zero-order valence-corrected chi connectivity index (χ0v) is 10.1. The molecule has 0 fully saturated rings. The maximum atomic E-state index is 12.9. The van der Waals surface area contributed by atoms with Gasteiger partial charge >= 0.3 is 0 Å². The van der Waals surface area contributed by atoms with Crippen LogP contribution in [0.1, 0.15) is 23.2 Å². The predicted octanol–water partition coefficient (Wildman–Crippen LogP) is 2.99. The molecule has 86 valence electrons. The van der Waals surface area contributed by atoms with E-state index in [0.717, 1.165) is 0 Å². The van der Waals surface area contributed by atoms with Gasteiger partial charge in [0.2, 0.25) is 0 Å². The summed E-state index contributed by atoms with van der Waals surface area (Å²) >= 11 is 3.12. The largest absolute Gasteiger partial charge is 0.495 e. The van der Waals surface area contributed by atoms with Gasteiger partial charge in [-0.1, -0.05) is 15.9 Å². The summed E-state index contributed by atoms with van der Waals surface area (Å²) in [6, 6.07) is 1.89. The van der Waals surface area contributed by atoms with Crippen molar-refractivity contribution in [2.24, 2.45) is 0 Å². The maximum absolute atomic E-state index is 12.9. The maximum Gasteiger partial charge on any atom is 0.267 e. The molecule has 0 saturated heterocycles. The summed E-state index contributed by atoms with van der Waals surface area (Å²) in [5, 5.41) is 8.79. The van der Waals surface area contributed by atoms with E-state index in [9.17, 15) is 8.78 Å². The minimum atomic E-state index is -2.65. The molecule has 3 nitrogen and oxygen atoms in total. The summed E-state index contributed by atoms with van der Waals surface area (Å²) in [5.74, 6) is 0.0474. The molecule has 1 heterocycles. The molecule has 0 spiro atoms. The molecule has 0 aliphatic carbocycles. The van der Waals surface area contributed by atoms with Crippen molar-refractivity contribution < 1.29 is 13.5 Å². The van der Waals surface area contributed by atoms with Crippen LogP contribution >= 0.6 is 15.9 Å². The molecule has 1 aromatic rings. The van der Waals surface area contributed by atoms with Gasteiger partial charge in [-0.2, -0.15) is 5.26 Å². The number of nitrogens with zero attached hydrogens (tertiary/aromatic N) is 2. The molecule has 6 heteroatoms. The Morgan fingerprint density at radius 3 is 2.75 bits per heavy atom. The summed E-state index contributed by atoms with van der Waals surface area (Å²) < 4.78 is 30.6. The Balaban J connectivity index is 3.38. The molecule has 0 aliphatic rings. The minimum Gasteiger partial charge on any atom is -0.495 e. The number of rotatable bonds is 4. The van der Waals surface area contributed by atoms with Crippen LogP contribution in [0.3, 0.4) is 0 Å². The monoisotopic (exact) mass is 290 g/mol. The van der Waals surface area contributed by atoms with Crippen LogP contribution in [-0.2, 0) is 11.8 Å². The normalized spacial score (nSPS) is 10.2. The predicted molar refractivity (Wildman–Crippen MR) is 57.7 cm³/mol. The third kappa shape index (κ3) is 2.47. The van der Waals surface area contributed by atoms with Gasteiger partial charge in [0.05, 0.1) is 37.1 Å². The van der Waals surface area contributed by atoms with Crippen molar-refractivity contribution in [2.45, 2.75) is 18.2 Å². The Labute approximate surface area is 100 Å². The van der Waals surface area contributed by atoms with Crippen molar-refractivity contribution in [1.29, 1.82) is 5.26 Å². The first-order chi connectivity index (χ1) is 7.65. The molecular weight excluding hydrogens is 282 g/mol. The summed E-state index contributed by atoms with van der Waals surface area (Å²) in [7, 11) is 1.31. The average molecular weight is 291 g/mol. The summed E-state index contributed by atoms with van der Waals surface area (Å²) in [4.78, 5) is 3.94. The Morgan fingerprint density at radius 2 is 2.31 bits per heavy atom. The van der Waals surface area contributed by atoms with E-state index in [4.69, 9.17) is 10.00 Å². The number of halogens is 3. The molecule has 0 amide bonds. The highest BCUT2D eigenvalue weighted by Crippen LogP contribution is 2.34. The van der Waals surface area contributed by atoms with E-state index in [0.29, 0.717) is 11.3 Å². The van der Waals surface area contributed by atoms with Crippen LogP contribution in [0.25, 0.3) is 0 Å². The van der Waals surface area contributed by atoms with Gasteiger partial charge < -0.3 is 4.74 Å². The van der Waals surface area contributed by atoms with Crippen LogP contribution in [-0.4, -0.2) is 12.1 Å². The van der Waals surface area contributed by atoms with E-state index < -0.39 is 6.43 Å². The first-order valence-corrected chi connectivity index (χ1v) is 5.53. The molecule has 0 unspecified atom stereocenters. The van der Waals surface area contributed by atoms with Crippen LogP contribution in [0.2, 0.25) is 0 Å². The lowest BCUT2D eigenvalue weighted by Crippen LogP contribution is -2.04. The number of alkyl halides is 3. The molecule has 16 heavy (non-hydrogen) atoms. The fourth-order valence-corrected chi connectivity index (χ4v) is 1.99. The van der Waals surface area contributed by atoms with Crippen LogP contribution in [0, 0.1) is 11.3 Å². The molecule has 0 aromatic carbocycles. The van der Waals surface area contributed by atoms with E-state index in [1.165, 1.54) is 13.3 Å². The topological polar surface area (TPSA) is 45.9 Å². The van der Waals surface area contributed by atoms with Gasteiger partial charge in [-0.05, 0) is 5.56 Å². The summed E-state index contributed by atoms with van der Waals surface area (Å²) in [5.41, 5.74) is 0.492. The Morgan fingerprint density at radius 1 is 1.62 bits per heavy atom. The minimum absolute atomic E-state index is 0.00461. The molecule has 1 aromatic heterocycles. The van der Waals surface area contributed by atoms with E-state index in [1.54, 1.807) is 0 Å². The van der Waals surface area contributed by atoms with Gasteiger partial charge in [0.15, 0.2) is 0 Å². The van der Waals surface area contributed by atoms with Crippen molar-refractivity contribution in [3.05, 3.63) is 23.0 Å². The molecule has 0 radical (unpaired) electrons. The van der Waals surface area contributed by atoms with Gasteiger partial charge in [-0.25, -0.2) is 8.78 Å². The van der Waals surface area contributed by atoms with Crippen molar-refractivity contribution in [3.63, 3.8) is 0 Å². The summed E-state index contributed by atoms with van der Waals surface area (Å²) in [6.45, 7) is 0. The van der Waals surface area contributed by atoms with Gasteiger partial charge in [0.25, 0.3) is 6.43 Å². The van der Waals surface area contributed by atoms with Crippen LogP contribution in [0.4, 0.5) is 8.78 Å². The van der Waals surface area contributed by atoms with Crippen LogP contribution < -0.4 is 4.74 Å². The zero-order chi connectivity index (χ0) is 12.1. The highest BCUT2D eigenvalue weighted by molar-refractivity contribution is 9.08. The van der Waals surface area contributed by atoms with E-state index >= 15 is 0 Å². The first-order valence-electron chi connectivity index (χ1n) is 4.41. The van der Waals surface area contributed by atoms with Crippen molar-refractivity contribution >= 4 is 15.9 Å². The van der Waals surface area contributed by atoms with E-state index in [-0.39, 0.29) is 23.1 Å². The number of aromatic nitrogens is 1. The average Bonchev–Trinajstić information content (AvgIpc) is 2.28. The number of pyridine rings is 1. The lowest BCUT2D eigenvalue weighted by molar-refractivity contribution is 0.146. The standard InChI is InChI=1S/C10H9BrF2N2O/c1-16-8-5-15-7(2-3-14)6(4-11)9(8)10(12)13/h5,10H,2,4H2,1H3. The lowest BCUT2D eigenvalue weighted by atomic mass is 10.1. The number of ether oxygens (including phenoxy) is 1. The second-order valence-electron chi connectivity index (χ2n) is 2.93. The van der Waals surface area contributed by atoms with Crippen molar-refractivity contribution in [2.75, 3.05) is 7.11 Å². The molecule has 0 bridgehead atoms. The molecule has 0 saturated carbocycles. The quantitative estimate of drug-likeness (QED) is 0.801. The van der Waals surface area contributed by atoms with Gasteiger partial charge in [-0.15, -0.1) is 0 Å². The van der Waals surface area contributed by atoms with Crippen molar-refractivity contribution in [1.82, 2.24) is 4.98 Å². The molecular formula is C10H9BrF2N2O. The first kappa shape index (κ1) is 12.8. The number of nitriles is 1. The molecule has 0 N–H and O–H groups in total. The Kier molecular flexibility index (Phi) is 4.62. The van der Waals surface area contributed by atoms with Crippen molar-refractivity contribution in [3.8, 4) is 11.8 Å². The Hall–Kier alpha value is -1.22. The number of hydrogen-bond acceptors (Lipinski definition) is 3. The summed E-state index contributed by atoms with van der Waals surface area (Å²) in [6.07, 6.45) is -1.42. The highest BCUT2D eigenvalue weighted by atomic mass is 79.9. The second kappa shape index (κ2) is 5.75. The van der Waals surface area contributed by atoms with E-state index in [1.807, 2.05) is 6.07 Å². The molecule has 1 rings (SSSR count).